The second kappa shape index (κ2) is 3.35. The Morgan fingerprint density at radius 3 is 2.00 bits per heavy atom. The van der Waals surface area contributed by atoms with Crippen LogP contribution in [-0.2, 0) is 3.42 Å². The molecule has 0 heterocycles. The number of rotatable bonds is 1. The first-order chi connectivity index (χ1) is 5.00. The van der Waals surface area contributed by atoms with Gasteiger partial charge in [0, 0.05) is 8.32 Å². The molecule has 60 valence electrons. The van der Waals surface area contributed by atoms with Gasteiger partial charge in [0.2, 0.25) is 0 Å². The highest BCUT2D eigenvalue weighted by molar-refractivity contribution is 14.1. The summed E-state index contributed by atoms with van der Waals surface area (Å²) in [6.07, 6.45) is 0. The van der Waals surface area contributed by atoms with Crippen molar-refractivity contribution in [3.63, 3.8) is 0 Å². The predicted octanol–water partition coefficient (Wildman–Crippen LogP) is 3.65. The van der Waals surface area contributed by atoms with Crippen molar-refractivity contribution in [2.45, 2.75) is 22.2 Å². The minimum atomic E-state index is 0.221. The van der Waals surface area contributed by atoms with Gasteiger partial charge in [-0.05, 0) is 31.5 Å². The molecule has 0 saturated carbocycles. The summed E-state index contributed by atoms with van der Waals surface area (Å²) < 4.78 is 0.221. The molecule has 0 amide bonds. The van der Waals surface area contributed by atoms with Gasteiger partial charge in [-0.25, -0.2) is 0 Å². The maximum Gasteiger partial charge on any atom is 0.0414 e. The van der Waals surface area contributed by atoms with E-state index in [0.717, 1.165) is 4.90 Å². The second-order valence-corrected chi connectivity index (χ2v) is 6.23. The van der Waals surface area contributed by atoms with Gasteiger partial charge in [0.15, 0.2) is 0 Å². The van der Waals surface area contributed by atoms with Gasteiger partial charge in [-0.15, -0.1) is 12.6 Å². The van der Waals surface area contributed by atoms with Gasteiger partial charge >= 0.3 is 0 Å². The minimum Gasteiger partial charge on any atom is -0.143 e. The van der Waals surface area contributed by atoms with Crippen molar-refractivity contribution in [1.29, 1.82) is 0 Å². The Hall–Kier alpha value is 0.300. The maximum absolute atomic E-state index is 4.22. The first kappa shape index (κ1) is 9.39. The Bertz CT molecular complexity index is 233. The Morgan fingerprint density at radius 2 is 1.64 bits per heavy atom. The van der Waals surface area contributed by atoms with E-state index in [2.05, 4.69) is 61.2 Å². The SMILES string of the molecule is CC(C)(I)c1ccc(S)cc1. The van der Waals surface area contributed by atoms with Gasteiger partial charge in [-0.1, -0.05) is 34.7 Å². The van der Waals surface area contributed by atoms with Crippen LogP contribution < -0.4 is 0 Å². The van der Waals surface area contributed by atoms with Crippen molar-refractivity contribution in [2.75, 3.05) is 0 Å². The number of halogens is 1. The van der Waals surface area contributed by atoms with Gasteiger partial charge in [0.05, 0.1) is 0 Å². The topological polar surface area (TPSA) is 0 Å². The largest absolute Gasteiger partial charge is 0.143 e. The van der Waals surface area contributed by atoms with Crippen LogP contribution in [0, 0.1) is 0 Å². The van der Waals surface area contributed by atoms with Crippen molar-refractivity contribution in [3.8, 4) is 0 Å². The third-order valence-corrected chi connectivity index (χ3v) is 2.47. The number of hydrogen-bond acceptors (Lipinski definition) is 1. The molecule has 1 aromatic rings. The summed E-state index contributed by atoms with van der Waals surface area (Å²) in [6, 6.07) is 8.29. The monoisotopic (exact) mass is 278 g/mol. The average molecular weight is 278 g/mol. The van der Waals surface area contributed by atoms with E-state index in [1.54, 1.807) is 0 Å². The van der Waals surface area contributed by atoms with Crippen LogP contribution in [0.1, 0.15) is 19.4 Å². The Morgan fingerprint density at radius 1 is 1.18 bits per heavy atom. The average Bonchev–Trinajstić information content (AvgIpc) is 1.86. The molecule has 0 aliphatic rings. The molecule has 0 unspecified atom stereocenters. The van der Waals surface area contributed by atoms with E-state index in [9.17, 15) is 0 Å². The van der Waals surface area contributed by atoms with Crippen molar-refractivity contribution in [1.82, 2.24) is 0 Å². The van der Waals surface area contributed by atoms with Crippen LogP contribution in [0.25, 0.3) is 0 Å². The highest BCUT2D eigenvalue weighted by Crippen LogP contribution is 2.30. The van der Waals surface area contributed by atoms with Crippen molar-refractivity contribution < 1.29 is 0 Å². The molecule has 0 N–H and O–H groups in total. The number of thiol groups is 1. The van der Waals surface area contributed by atoms with Crippen molar-refractivity contribution >= 4 is 35.2 Å². The van der Waals surface area contributed by atoms with E-state index >= 15 is 0 Å². The summed E-state index contributed by atoms with van der Waals surface area (Å²) in [7, 11) is 0. The molecular formula is C9H11IS. The van der Waals surface area contributed by atoms with Crippen LogP contribution in [0.5, 0.6) is 0 Å². The third-order valence-electron chi connectivity index (χ3n) is 1.55. The highest BCUT2D eigenvalue weighted by Gasteiger charge is 2.14. The Labute approximate surface area is 86.9 Å². The molecule has 0 aliphatic carbocycles. The fourth-order valence-electron chi connectivity index (χ4n) is 0.858. The number of benzene rings is 1. The van der Waals surface area contributed by atoms with E-state index in [1.807, 2.05) is 12.1 Å². The van der Waals surface area contributed by atoms with Gasteiger partial charge in [0.1, 0.15) is 0 Å². The third kappa shape index (κ3) is 2.67. The normalized spacial score (nSPS) is 11.6. The molecule has 11 heavy (non-hydrogen) atoms. The van der Waals surface area contributed by atoms with Crippen molar-refractivity contribution in [3.05, 3.63) is 29.8 Å². The molecule has 0 bridgehead atoms. The predicted molar refractivity (Wildman–Crippen MR) is 60.7 cm³/mol. The molecule has 0 nitrogen and oxygen atoms in total. The van der Waals surface area contributed by atoms with E-state index in [-0.39, 0.29) is 3.42 Å². The molecule has 0 spiro atoms. The molecule has 0 aromatic heterocycles. The van der Waals surface area contributed by atoms with Crippen molar-refractivity contribution in [2.24, 2.45) is 0 Å². The molecule has 0 aliphatic heterocycles. The maximum atomic E-state index is 4.22. The summed E-state index contributed by atoms with van der Waals surface area (Å²) in [4.78, 5) is 1.02. The Balaban J connectivity index is 2.99. The van der Waals surface area contributed by atoms with Crippen LogP contribution in [0.2, 0.25) is 0 Å². The summed E-state index contributed by atoms with van der Waals surface area (Å²) in [5.74, 6) is 0. The molecule has 0 atom stereocenters. The zero-order valence-corrected chi connectivity index (χ0v) is 9.69. The standard InChI is InChI=1S/C9H11IS/c1-9(2,10)7-3-5-8(11)6-4-7/h3-6,11H,1-2H3. The van der Waals surface area contributed by atoms with Gasteiger partial charge < -0.3 is 0 Å². The van der Waals surface area contributed by atoms with E-state index in [4.69, 9.17) is 0 Å². The lowest BCUT2D eigenvalue weighted by molar-refractivity contribution is 0.825. The fraction of sp³-hybridized carbons (Fsp3) is 0.333. The lowest BCUT2D eigenvalue weighted by Gasteiger charge is -2.16. The molecule has 0 saturated heterocycles. The van der Waals surface area contributed by atoms with Crippen LogP contribution in [0.15, 0.2) is 29.2 Å². The van der Waals surface area contributed by atoms with Gasteiger partial charge in [0.25, 0.3) is 0 Å². The zero-order valence-electron chi connectivity index (χ0n) is 6.63. The van der Waals surface area contributed by atoms with Gasteiger partial charge in [-0.2, -0.15) is 0 Å². The number of hydrogen-bond donors (Lipinski definition) is 1. The molecule has 1 aromatic carbocycles. The molecule has 2 heteroatoms. The summed E-state index contributed by atoms with van der Waals surface area (Å²) in [5, 5.41) is 0. The summed E-state index contributed by atoms with van der Waals surface area (Å²) in [6.45, 7) is 4.39. The van der Waals surface area contributed by atoms with Gasteiger partial charge in [-0.3, -0.25) is 0 Å². The van der Waals surface area contributed by atoms with E-state index in [0.29, 0.717) is 0 Å². The number of alkyl halides is 1. The highest BCUT2D eigenvalue weighted by atomic mass is 127. The first-order valence-electron chi connectivity index (χ1n) is 3.48. The van der Waals surface area contributed by atoms with E-state index in [1.165, 1.54) is 5.56 Å². The quantitative estimate of drug-likeness (QED) is 0.452. The zero-order chi connectivity index (χ0) is 8.48. The molecule has 0 radical (unpaired) electrons. The van der Waals surface area contributed by atoms with E-state index < -0.39 is 0 Å². The second-order valence-electron chi connectivity index (χ2n) is 3.02. The molecular weight excluding hydrogens is 267 g/mol. The lowest BCUT2D eigenvalue weighted by Crippen LogP contribution is -2.05. The minimum absolute atomic E-state index is 0.221. The molecule has 1 rings (SSSR count). The smallest absolute Gasteiger partial charge is 0.0414 e. The molecule has 0 fully saturated rings. The van der Waals surface area contributed by atoms with Crippen LogP contribution in [0.3, 0.4) is 0 Å². The van der Waals surface area contributed by atoms with Crippen LogP contribution >= 0.6 is 35.2 Å². The van der Waals surface area contributed by atoms with Crippen LogP contribution in [-0.4, -0.2) is 0 Å². The fourth-order valence-corrected chi connectivity index (χ4v) is 1.37. The lowest BCUT2D eigenvalue weighted by atomic mass is 10.0. The first-order valence-corrected chi connectivity index (χ1v) is 5.01. The summed E-state index contributed by atoms with van der Waals surface area (Å²) in [5.41, 5.74) is 1.34. The summed E-state index contributed by atoms with van der Waals surface area (Å²) >= 11 is 6.65. The van der Waals surface area contributed by atoms with Crippen LogP contribution in [0.4, 0.5) is 0 Å². The Kier molecular flexibility index (Phi) is 2.86.